The summed E-state index contributed by atoms with van der Waals surface area (Å²) < 4.78 is 0. The number of benzene rings is 2. The van der Waals surface area contributed by atoms with Crippen LogP contribution in [0.3, 0.4) is 0 Å². The lowest BCUT2D eigenvalue weighted by atomic mass is 10.1. The Bertz CT molecular complexity index is 628. The molecule has 0 spiro atoms. The number of nitrogens with zero attached hydrogens (tertiary/aromatic N) is 1. The van der Waals surface area contributed by atoms with E-state index in [-0.39, 0.29) is 5.91 Å². The molecular formula is C17H19ClN2O. The molecule has 0 saturated heterocycles. The molecule has 21 heavy (non-hydrogen) atoms. The van der Waals surface area contributed by atoms with E-state index in [0.717, 1.165) is 11.1 Å². The lowest BCUT2D eigenvalue weighted by Gasteiger charge is -2.21. The molecule has 0 heterocycles. The molecule has 2 aromatic carbocycles. The maximum atomic E-state index is 12.4. The summed E-state index contributed by atoms with van der Waals surface area (Å²) in [6.45, 7) is 3.20. The molecule has 0 fully saturated rings. The second-order valence-corrected chi connectivity index (χ2v) is 5.40. The third kappa shape index (κ3) is 4.50. The fourth-order valence-corrected chi connectivity index (χ4v) is 2.43. The summed E-state index contributed by atoms with van der Waals surface area (Å²) in [7, 11) is 0. The Morgan fingerprint density at radius 2 is 1.86 bits per heavy atom. The van der Waals surface area contributed by atoms with Crippen LogP contribution in [0.4, 0.5) is 5.69 Å². The predicted octanol–water partition coefficient (Wildman–Crippen LogP) is 3.51. The van der Waals surface area contributed by atoms with Gasteiger partial charge in [-0.05, 0) is 42.3 Å². The molecule has 4 heteroatoms. The molecule has 0 atom stereocenters. The summed E-state index contributed by atoms with van der Waals surface area (Å²) in [6.07, 6.45) is 0.361. The summed E-state index contributed by atoms with van der Waals surface area (Å²) >= 11 is 5.98. The SMILES string of the molecule is CCN(Cc1cccc(Cl)c1)C(=O)Cc1cccc(N)c1. The number of carbonyl (C=O) groups is 1. The normalized spacial score (nSPS) is 10.4. The van der Waals surface area contributed by atoms with E-state index in [9.17, 15) is 4.79 Å². The van der Waals surface area contributed by atoms with Crippen LogP contribution in [0.15, 0.2) is 48.5 Å². The Hall–Kier alpha value is -2.00. The first kappa shape index (κ1) is 15.4. The minimum atomic E-state index is 0.0862. The molecule has 2 rings (SSSR count). The summed E-state index contributed by atoms with van der Waals surface area (Å²) in [5, 5.41) is 0.687. The molecule has 0 aliphatic carbocycles. The van der Waals surface area contributed by atoms with E-state index in [1.54, 1.807) is 0 Å². The molecule has 110 valence electrons. The van der Waals surface area contributed by atoms with E-state index < -0.39 is 0 Å². The third-order valence-corrected chi connectivity index (χ3v) is 3.54. The molecule has 1 amide bonds. The second kappa shape index (κ2) is 7.14. The molecule has 0 radical (unpaired) electrons. The monoisotopic (exact) mass is 302 g/mol. The van der Waals surface area contributed by atoms with Crippen LogP contribution in [0.2, 0.25) is 5.02 Å². The Labute approximate surface area is 130 Å². The number of likely N-dealkylation sites (N-methyl/N-ethyl adjacent to an activating group) is 1. The van der Waals surface area contributed by atoms with Crippen molar-refractivity contribution in [3.63, 3.8) is 0 Å². The number of nitrogen functional groups attached to an aromatic ring is 1. The first-order valence-corrected chi connectivity index (χ1v) is 7.33. The highest BCUT2D eigenvalue weighted by Crippen LogP contribution is 2.14. The summed E-state index contributed by atoms with van der Waals surface area (Å²) in [4.78, 5) is 14.2. The number of hydrogen-bond donors (Lipinski definition) is 1. The highest BCUT2D eigenvalue weighted by molar-refractivity contribution is 6.30. The van der Waals surface area contributed by atoms with Gasteiger partial charge in [-0.25, -0.2) is 0 Å². The molecule has 0 saturated carbocycles. The van der Waals surface area contributed by atoms with Gasteiger partial charge in [-0.2, -0.15) is 0 Å². The summed E-state index contributed by atoms with van der Waals surface area (Å²) in [5.41, 5.74) is 8.39. The fraction of sp³-hybridized carbons (Fsp3) is 0.235. The second-order valence-electron chi connectivity index (χ2n) is 4.96. The molecule has 0 aliphatic heterocycles. The predicted molar refractivity (Wildman–Crippen MR) is 87.1 cm³/mol. The Kier molecular flexibility index (Phi) is 5.23. The van der Waals surface area contributed by atoms with Gasteiger partial charge >= 0.3 is 0 Å². The van der Waals surface area contributed by atoms with Crippen molar-refractivity contribution in [1.29, 1.82) is 0 Å². The first-order chi connectivity index (χ1) is 10.1. The molecule has 2 N–H and O–H groups in total. The van der Waals surface area contributed by atoms with Crippen LogP contribution in [0.25, 0.3) is 0 Å². The van der Waals surface area contributed by atoms with Crippen LogP contribution in [-0.2, 0) is 17.8 Å². The van der Waals surface area contributed by atoms with Gasteiger partial charge in [0.15, 0.2) is 0 Å². The Morgan fingerprint density at radius 1 is 1.14 bits per heavy atom. The van der Waals surface area contributed by atoms with Gasteiger partial charge in [0.05, 0.1) is 6.42 Å². The lowest BCUT2D eigenvalue weighted by Crippen LogP contribution is -2.31. The average Bonchev–Trinajstić information content (AvgIpc) is 2.44. The number of carbonyl (C=O) groups excluding carboxylic acids is 1. The molecule has 0 aliphatic rings. The van der Waals surface area contributed by atoms with Crippen LogP contribution in [0, 0.1) is 0 Å². The molecule has 0 bridgehead atoms. The lowest BCUT2D eigenvalue weighted by molar-refractivity contribution is -0.130. The van der Waals surface area contributed by atoms with E-state index in [1.807, 2.05) is 60.4 Å². The number of hydrogen-bond acceptors (Lipinski definition) is 2. The number of nitrogens with two attached hydrogens (primary N) is 1. The fourth-order valence-electron chi connectivity index (χ4n) is 2.22. The van der Waals surface area contributed by atoms with Crippen molar-refractivity contribution in [1.82, 2.24) is 4.90 Å². The van der Waals surface area contributed by atoms with Gasteiger partial charge in [-0.3, -0.25) is 4.79 Å². The average molecular weight is 303 g/mol. The van der Waals surface area contributed by atoms with E-state index in [4.69, 9.17) is 17.3 Å². The minimum Gasteiger partial charge on any atom is -0.399 e. The summed E-state index contributed by atoms with van der Waals surface area (Å²) in [6, 6.07) is 15.0. The van der Waals surface area contributed by atoms with Gasteiger partial charge in [0.1, 0.15) is 0 Å². The van der Waals surface area contributed by atoms with Crippen molar-refractivity contribution in [2.24, 2.45) is 0 Å². The largest absolute Gasteiger partial charge is 0.399 e. The maximum Gasteiger partial charge on any atom is 0.227 e. The number of anilines is 1. The smallest absolute Gasteiger partial charge is 0.227 e. The van der Waals surface area contributed by atoms with E-state index >= 15 is 0 Å². The number of rotatable bonds is 5. The van der Waals surface area contributed by atoms with Crippen molar-refractivity contribution < 1.29 is 4.79 Å². The summed E-state index contributed by atoms with van der Waals surface area (Å²) in [5.74, 6) is 0.0862. The van der Waals surface area contributed by atoms with Crippen LogP contribution in [0.1, 0.15) is 18.1 Å². The van der Waals surface area contributed by atoms with Crippen molar-refractivity contribution in [2.75, 3.05) is 12.3 Å². The van der Waals surface area contributed by atoms with Crippen LogP contribution in [-0.4, -0.2) is 17.4 Å². The van der Waals surface area contributed by atoms with Crippen molar-refractivity contribution in [3.05, 3.63) is 64.7 Å². The number of halogens is 1. The minimum absolute atomic E-state index is 0.0862. The number of amides is 1. The maximum absolute atomic E-state index is 12.4. The van der Waals surface area contributed by atoms with Gasteiger partial charge in [-0.15, -0.1) is 0 Å². The molecule has 2 aromatic rings. The highest BCUT2D eigenvalue weighted by atomic mass is 35.5. The van der Waals surface area contributed by atoms with Gasteiger partial charge < -0.3 is 10.6 Å². The molecule has 0 aromatic heterocycles. The quantitative estimate of drug-likeness (QED) is 0.859. The molecular weight excluding hydrogens is 284 g/mol. The van der Waals surface area contributed by atoms with E-state index in [0.29, 0.717) is 30.2 Å². The molecule has 0 unspecified atom stereocenters. The zero-order valence-corrected chi connectivity index (χ0v) is 12.8. The van der Waals surface area contributed by atoms with Crippen LogP contribution < -0.4 is 5.73 Å². The highest BCUT2D eigenvalue weighted by Gasteiger charge is 2.13. The standard InChI is InChI=1S/C17H19ClN2O/c1-2-20(12-14-6-3-7-15(18)9-14)17(21)11-13-5-4-8-16(19)10-13/h3-10H,2,11-12,19H2,1H3. The van der Waals surface area contributed by atoms with Gasteiger partial charge in [-0.1, -0.05) is 35.9 Å². The van der Waals surface area contributed by atoms with E-state index in [1.165, 1.54) is 0 Å². The van der Waals surface area contributed by atoms with Gasteiger partial charge in [0.2, 0.25) is 5.91 Å². The zero-order valence-electron chi connectivity index (χ0n) is 12.1. The molecule has 3 nitrogen and oxygen atoms in total. The van der Waals surface area contributed by atoms with E-state index in [2.05, 4.69) is 0 Å². The van der Waals surface area contributed by atoms with Crippen LogP contribution in [0.5, 0.6) is 0 Å². The van der Waals surface area contributed by atoms with Crippen molar-refractivity contribution in [3.8, 4) is 0 Å². The topological polar surface area (TPSA) is 46.3 Å². The van der Waals surface area contributed by atoms with Gasteiger partial charge in [0.25, 0.3) is 0 Å². The third-order valence-electron chi connectivity index (χ3n) is 3.30. The zero-order chi connectivity index (χ0) is 15.2. The van der Waals surface area contributed by atoms with Crippen LogP contribution >= 0.6 is 11.6 Å². The van der Waals surface area contributed by atoms with Crippen molar-refractivity contribution >= 4 is 23.2 Å². The Morgan fingerprint density at radius 3 is 2.52 bits per heavy atom. The van der Waals surface area contributed by atoms with Crippen molar-refractivity contribution in [2.45, 2.75) is 19.9 Å². The first-order valence-electron chi connectivity index (χ1n) is 6.95. The Balaban J connectivity index is 2.05. The van der Waals surface area contributed by atoms with Gasteiger partial charge in [0, 0.05) is 23.8 Å².